The summed E-state index contributed by atoms with van der Waals surface area (Å²) in [5, 5.41) is 16.8. The predicted octanol–water partition coefficient (Wildman–Crippen LogP) is -1.13. The van der Waals surface area contributed by atoms with Crippen molar-refractivity contribution in [2.75, 3.05) is 0 Å². The van der Waals surface area contributed by atoms with E-state index in [-0.39, 0.29) is 38.5 Å². The Bertz CT molecular complexity index is 1210. The summed E-state index contributed by atoms with van der Waals surface area (Å²) in [5.74, 6) is -5.19. The van der Waals surface area contributed by atoms with Crippen LogP contribution < -0.4 is 33.2 Å². The summed E-state index contributed by atoms with van der Waals surface area (Å²) in [5.41, 5.74) is 18.0. The molecule has 10 N–H and O–H groups in total. The van der Waals surface area contributed by atoms with Crippen LogP contribution in [0.2, 0.25) is 0 Å². The molecule has 2 rings (SSSR count). The van der Waals surface area contributed by atoms with Gasteiger partial charge in [0.2, 0.25) is 29.5 Å². The normalized spacial score (nSPS) is 13.6. The minimum atomic E-state index is -1.47. The van der Waals surface area contributed by atoms with Crippen molar-refractivity contribution in [1.29, 1.82) is 0 Å². The number of benzene rings is 2. The SMILES string of the molecule is NC(=O)CCC(NC(=O)C(CCC(N)=O)NC(=O)C(Cc1ccccc1)NC(=O)C(N)Cc1ccccc1)C(=O)O. The largest absolute Gasteiger partial charge is 0.480 e. The monoisotopic (exact) mass is 568 g/mol. The van der Waals surface area contributed by atoms with Crippen molar-refractivity contribution in [3.63, 3.8) is 0 Å². The van der Waals surface area contributed by atoms with E-state index >= 15 is 0 Å². The lowest BCUT2D eigenvalue weighted by Gasteiger charge is -2.25. The van der Waals surface area contributed by atoms with E-state index in [4.69, 9.17) is 17.2 Å². The number of rotatable bonds is 17. The second-order valence-corrected chi connectivity index (χ2v) is 9.52. The minimum absolute atomic E-state index is 0.0526. The number of hydrogen-bond acceptors (Lipinski definition) is 7. The fourth-order valence-corrected chi connectivity index (χ4v) is 3.94. The molecule has 13 nitrogen and oxygen atoms in total. The highest BCUT2D eigenvalue weighted by Crippen LogP contribution is 2.08. The van der Waals surface area contributed by atoms with Gasteiger partial charge in [-0.1, -0.05) is 60.7 Å². The highest BCUT2D eigenvalue weighted by Gasteiger charge is 2.31. The maximum atomic E-state index is 13.4. The number of nitrogens with one attached hydrogen (secondary N) is 3. The molecule has 4 atom stereocenters. The highest BCUT2D eigenvalue weighted by molar-refractivity contribution is 5.94. The number of hydrogen-bond donors (Lipinski definition) is 7. The Hall–Kier alpha value is -4.78. The van der Waals surface area contributed by atoms with Gasteiger partial charge in [0.05, 0.1) is 6.04 Å². The fraction of sp³-hybridized carbons (Fsp3) is 0.357. The smallest absolute Gasteiger partial charge is 0.326 e. The zero-order valence-electron chi connectivity index (χ0n) is 22.5. The van der Waals surface area contributed by atoms with Crippen LogP contribution >= 0.6 is 0 Å². The van der Waals surface area contributed by atoms with E-state index in [2.05, 4.69) is 16.0 Å². The summed E-state index contributed by atoms with van der Waals surface area (Å²) in [6.07, 6.45) is -0.846. The molecule has 0 aliphatic heterocycles. The van der Waals surface area contributed by atoms with E-state index in [1.807, 2.05) is 30.3 Å². The van der Waals surface area contributed by atoms with Crippen LogP contribution in [-0.4, -0.2) is 64.8 Å². The number of carbonyl (C=O) groups excluding carboxylic acids is 5. The Morgan fingerprint density at radius 1 is 0.610 bits per heavy atom. The van der Waals surface area contributed by atoms with Gasteiger partial charge in [0.15, 0.2) is 0 Å². The van der Waals surface area contributed by atoms with Crippen LogP contribution in [0.15, 0.2) is 60.7 Å². The molecule has 0 bridgehead atoms. The van der Waals surface area contributed by atoms with Crippen LogP contribution in [0.1, 0.15) is 36.8 Å². The van der Waals surface area contributed by atoms with Gasteiger partial charge in [0.25, 0.3) is 0 Å². The van der Waals surface area contributed by atoms with Gasteiger partial charge in [-0.05, 0) is 30.4 Å². The number of aliphatic carboxylic acids is 1. The van der Waals surface area contributed by atoms with E-state index in [1.54, 1.807) is 30.3 Å². The van der Waals surface area contributed by atoms with Crippen molar-refractivity contribution in [2.24, 2.45) is 17.2 Å². The second-order valence-electron chi connectivity index (χ2n) is 9.52. The average molecular weight is 569 g/mol. The van der Waals surface area contributed by atoms with E-state index in [9.17, 15) is 33.9 Å². The Morgan fingerprint density at radius 2 is 1.02 bits per heavy atom. The first-order valence-electron chi connectivity index (χ1n) is 13.0. The van der Waals surface area contributed by atoms with Crippen LogP contribution in [0.3, 0.4) is 0 Å². The molecule has 0 aliphatic carbocycles. The molecular weight excluding hydrogens is 532 g/mol. The van der Waals surface area contributed by atoms with Gasteiger partial charge < -0.3 is 38.3 Å². The molecule has 41 heavy (non-hydrogen) atoms. The van der Waals surface area contributed by atoms with Crippen LogP contribution in [-0.2, 0) is 41.6 Å². The molecule has 0 saturated carbocycles. The van der Waals surface area contributed by atoms with Crippen molar-refractivity contribution in [3.05, 3.63) is 71.8 Å². The van der Waals surface area contributed by atoms with Gasteiger partial charge >= 0.3 is 5.97 Å². The summed E-state index contributed by atoms with van der Waals surface area (Å²) in [7, 11) is 0. The lowest BCUT2D eigenvalue weighted by Crippen LogP contribution is -2.58. The molecule has 2 aromatic carbocycles. The third-order valence-electron chi connectivity index (χ3n) is 6.16. The first kappa shape index (κ1) is 32.4. The van der Waals surface area contributed by atoms with Crippen LogP contribution in [0.4, 0.5) is 0 Å². The maximum absolute atomic E-state index is 13.4. The van der Waals surface area contributed by atoms with Crippen molar-refractivity contribution in [3.8, 4) is 0 Å². The lowest BCUT2D eigenvalue weighted by atomic mass is 10.0. The molecule has 0 radical (unpaired) electrons. The van der Waals surface area contributed by atoms with Gasteiger partial charge in [0, 0.05) is 19.3 Å². The van der Waals surface area contributed by atoms with Gasteiger partial charge in [-0.15, -0.1) is 0 Å². The molecule has 0 aromatic heterocycles. The highest BCUT2D eigenvalue weighted by atomic mass is 16.4. The fourth-order valence-electron chi connectivity index (χ4n) is 3.94. The van der Waals surface area contributed by atoms with Crippen molar-refractivity contribution >= 4 is 35.5 Å². The summed E-state index contributed by atoms with van der Waals surface area (Å²) in [6, 6.07) is 12.9. The first-order chi connectivity index (χ1) is 19.5. The molecule has 0 aliphatic rings. The first-order valence-corrected chi connectivity index (χ1v) is 13.0. The molecule has 0 spiro atoms. The number of carboxylic acid groups (broad SMARTS) is 1. The standard InChI is InChI=1S/C28H36N6O7/c29-19(15-17-7-3-1-4-8-17)25(37)34-22(16-18-9-5-2-6-10-18)27(39)32-20(11-13-23(30)35)26(38)33-21(28(40)41)12-14-24(31)36/h1-10,19-22H,11-16,29H2,(H2,30,35)(H2,31,36)(H,32,39)(H,33,38)(H,34,37)(H,40,41). The molecule has 13 heteroatoms. The third-order valence-corrected chi connectivity index (χ3v) is 6.16. The van der Waals surface area contributed by atoms with Crippen LogP contribution in [0.5, 0.6) is 0 Å². The number of nitrogens with two attached hydrogens (primary N) is 3. The van der Waals surface area contributed by atoms with Gasteiger partial charge in [-0.2, -0.15) is 0 Å². The third kappa shape index (κ3) is 11.9. The van der Waals surface area contributed by atoms with Gasteiger partial charge in [-0.3, -0.25) is 24.0 Å². The number of amides is 5. The van der Waals surface area contributed by atoms with Crippen LogP contribution in [0.25, 0.3) is 0 Å². The topological polar surface area (TPSA) is 237 Å². The number of carbonyl (C=O) groups is 6. The van der Waals surface area contributed by atoms with Crippen molar-refractivity contribution in [1.82, 2.24) is 16.0 Å². The maximum Gasteiger partial charge on any atom is 0.326 e. The van der Waals surface area contributed by atoms with Gasteiger partial charge in [-0.25, -0.2) is 4.79 Å². The van der Waals surface area contributed by atoms with E-state index in [1.165, 1.54) is 0 Å². The molecule has 220 valence electrons. The molecule has 0 heterocycles. The number of primary amides is 2. The quantitative estimate of drug-likeness (QED) is 0.123. The Kier molecular flexibility index (Phi) is 12.9. The van der Waals surface area contributed by atoms with E-state index < -0.39 is 59.7 Å². The molecule has 0 saturated heterocycles. The zero-order valence-corrected chi connectivity index (χ0v) is 22.5. The van der Waals surface area contributed by atoms with Crippen molar-refractivity contribution < 1.29 is 33.9 Å². The Morgan fingerprint density at radius 3 is 1.51 bits per heavy atom. The summed E-state index contributed by atoms with van der Waals surface area (Å²) < 4.78 is 0. The molecular formula is C28H36N6O7. The van der Waals surface area contributed by atoms with Crippen molar-refractivity contribution in [2.45, 2.75) is 62.7 Å². The predicted molar refractivity (Wildman–Crippen MR) is 149 cm³/mol. The lowest BCUT2D eigenvalue weighted by molar-refractivity contribution is -0.142. The minimum Gasteiger partial charge on any atom is -0.480 e. The zero-order chi connectivity index (χ0) is 30.4. The molecule has 5 amide bonds. The second kappa shape index (κ2) is 16.4. The summed E-state index contributed by atoms with van der Waals surface area (Å²) in [6.45, 7) is 0. The summed E-state index contributed by atoms with van der Waals surface area (Å²) in [4.78, 5) is 73.5. The Labute approximate surface area is 237 Å². The Balaban J connectivity index is 2.22. The van der Waals surface area contributed by atoms with Crippen LogP contribution in [0, 0.1) is 0 Å². The summed E-state index contributed by atoms with van der Waals surface area (Å²) >= 11 is 0. The molecule has 4 unspecified atom stereocenters. The average Bonchev–Trinajstić information content (AvgIpc) is 2.93. The van der Waals surface area contributed by atoms with Gasteiger partial charge in [0.1, 0.15) is 18.1 Å². The molecule has 2 aromatic rings. The van der Waals surface area contributed by atoms with E-state index in [0.29, 0.717) is 5.56 Å². The van der Waals surface area contributed by atoms with E-state index in [0.717, 1.165) is 5.56 Å². The molecule has 0 fully saturated rings. The number of carboxylic acids is 1.